The third-order valence-electron chi connectivity index (χ3n) is 3.83. The molecule has 0 aliphatic carbocycles. The Morgan fingerprint density at radius 3 is 2.22 bits per heavy atom. The van der Waals surface area contributed by atoms with Gasteiger partial charge in [-0.25, -0.2) is 0 Å². The first kappa shape index (κ1) is 24.4. The Morgan fingerprint density at radius 2 is 1.70 bits per heavy atom. The van der Waals surface area contributed by atoms with Crippen LogP contribution in [0.4, 0.5) is 0 Å². The lowest BCUT2D eigenvalue weighted by molar-refractivity contribution is -0.124. The van der Waals surface area contributed by atoms with Crippen molar-refractivity contribution in [1.82, 2.24) is 15.5 Å². The topological polar surface area (TPSA) is 44.4 Å². The van der Waals surface area contributed by atoms with E-state index in [2.05, 4.69) is 54.6 Å². The fourth-order valence-corrected chi connectivity index (χ4v) is 2.09. The van der Waals surface area contributed by atoms with E-state index < -0.39 is 0 Å². The highest BCUT2D eigenvalue weighted by atomic mass is 35.5. The van der Waals surface area contributed by atoms with Crippen LogP contribution in [0.1, 0.15) is 31.9 Å². The van der Waals surface area contributed by atoms with Gasteiger partial charge in [-0.15, -0.1) is 24.8 Å². The minimum Gasteiger partial charge on any atom is -0.352 e. The molecule has 4 nitrogen and oxygen atoms in total. The number of amides is 1. The van der Waals surface area contributed by atoms with Crippen LogP contribution in [0, 0.1) is 5.92 Å². The second kappa shape index (κ2) is 12.6. The number of carbonyl (C=O) groups is 1. The fraction of sp³-hybridized carbons (Fsp3) is 0.588. The minimum atomic E-state index is -0.0134. The van der Waals surface area contributed by atoms with E-state index in [1.807, 2.05) is 20.0 Å². The van der Waals surface area contributed by atoms with Crippen LogP contribution in [0.2, 0.25) is 0 Å². The molecular formula is C17H31Cl2N3O. The Morgan fingerprint density at radius 1 is 1.13 bits per heavy atom. The van der Waals surface area contributed by atoms with Gasteiger partial charge in [0, 0.05) is 31.6 Å². The van der Waals surface area contributed by atoms with Crippen LogP contribution < -0.4 is 10.6 Å². The van der Waals surface area contributed by atoms with Gasteiger partial charge >= 0.3 is 0 Å². The molecule has 6 heteroatoms. The maximum atomic E-state index is 12.0. The summed E-state index contributed by atoms with van der Waals surface area (Å²) in [7, 11) is 3.98. The van der Waals surface area contributed by atoms with E-state index >= 15 is 0 Å². The number of nitrogens with zero attached hydrogens (tertiary/aromatic N) is 1. The van der Waals surface area contributed by atoms with Crippen molar-refractivity contribution in [2.24, 2.45) is 5.92 Å². The molecule has 134 valence electrons. The fourth-order valence-electron chi connectivity index (χ4n) is 2.09. The van der Waals surface area contributed by atoms with Crippen LogP contribution in [-0.4, -0.2) is 37.5 Å². The molecule has 0 heterocycles. The van der Waals surface area contributed by atoms with Crippen molar-refractivity contribution >= 4 is 30.7 Å². The number of rotatable bonds is 8. The number of hydrogen-bond acceptors (Lipinski definition) is 3. The highest BCUT2D eigenvalue weighted by Gasteiger charge is 2.13. The van der Waals surface area contributed by atoms with Crippen LogP contribution in [0.15, 0.2) is 24.3 Å². The summed E-state index contributed by atoms with van der Waals surface area (Å²) < 4.78 is 0. The molecule has 0 saturated heterocycles. The predicted molar refractivity (Wildman–Crippen MR) is 102 cm³/mol. The lowest BCUT2D eigenvalue weighted by Crippen LogP contribution is -2.34. The van der Waals surface area contributed by atoms with E-state index in [1.165, 1.54) is 11.1 Å². The third-order valence-corrected chi connectivity index (χ3v) is 3.83. The van der Waals surface area contributed by atoms with Crippen molar-refractivity contribution in [2.45, 2.75) is 39.9 Å². The van der Waals surface area contributed by atoms with Gasteiger partial charge in [0.15, 0.2) is 0 Å². The SMILES string of the molecule is CNCC(C)C(=O)NCc1ccccc1CN(C)C(C)C.Cl.Cl. The Balaban J connectivity index is 0. The van der Waals surface area contributed by atoms with E-state index in [0.717, 1.165) is 6.54 Å². The average Bonchev–Trinajstić information content (AvgIpc) is 2.46. The van der Waals surface area contributed by atoms with Crippen molar-refractivity contribution < 1.29 is 4.79 Å². The van der Waals surface area contributed by atoms with Crippen LogP contribution in [0.3, 0.4) is 0 Å². The first-order valence-electron chi connectivity index (χ1n) is 7.65. The second-order valence-electron chi connectivity index (χ2n) is 5.95. The minimum absolute atomic E-state index is 0. The van der Waals surface area contributed by atoms with Crippen molar-refractivity contribution in [3.63, 3.8) is 0 Å². The Labute approximate surface area is 153 Å². The number of benzene rings is 1. The largest absolute Gasteiger partial charge is 0.352 e. The molecule has 1 unspecified atom stereocenters. The maximum Gasteiger partial charge on any atom is 0.224 e. The molecule has 1 atom stereocenters. The first-order chi connectivity index (χ1) is 9.95. The normalized spacial score (nSPS) is 11.6. The molecule has 0 radical (unpaired) electrons. The summed E-state index contributed by atoms with van der Waals surface area (Å²) in [5.41, 5.74) is 2.46. The maximum absolute atomic E-state index is 12.0. The molecule has 2 N–H and O–H groups in total. The molecule has 1 aromatic rings. The molecular weight excluding hydrogens is 333 g/mol. The van der Waals surface area contributed by atoms with E-state index in [1.54, 1.807) is 0 Å². The summed E-state index contributed by atoms with van der Waals surface area (Å²) in [5.74, 6) is 0.0804. The molecule has 0 aromatic heterocycles. The zero-order valence-electron chi connectivity index (χ0n) is 14.8. The lowest BCUT2D eigenvalue weighted by Gasteiger charge is -2.22. The quantitative estimate of drug-likeness (QED) is 0.746. The third kappa shape index (κ3) is 8.56. The summed E-state index contributed by atoms with van der Waals surface area (Å²) in [6, 6.07) is 8.81. The van der Waals surface area contributed by atoms with Gasteiger partial charge in [0.1, 0.15) is 0 Å². The van der Waals surface area contributed by atoms with Crippen LogP contribution in [0.5, 0.6) is 0 Å². The average molecular weight is 364 g/mol. The molecule has 1 aromatic carbocycles. The number of carbonyl (C=O) groups excluding carboxylic acids is 1. The van der Waals surface area contributed by atoms with Gasteiger partial charge in [0.05, 0.1) is 0 Å². The van der Waals surface area contributed by atoms with Crippen LogP contribution >= 0.6 is 24.8 Å². The molecule has 23 heavy (non-hydrogen) atoms. The van der Waals surface area contributed by atoms with Gasteiger partial charge in [-0.05, 0) is 39.1 Å². The standard InChI is InChI=1S/C17H29N3O.2ClH/c1-13(2)20(5)12-16-9-7-6-8-15(16)11-19-17(21)14(3)10-18-4;;/h6-9,13-14,18H,10-12H2,1-5H3,(H,19,21);2*1H. The number of nitrogens with one attached hydrogen (secondary N) is 2. The van der Waals surface area contributed by atoms with Crippen molar-refractivity contribution in [1.29, 1.82) is 0 Å². The Hall–Kier alpha value is -0.810. The smallest absolute Gasteiger partial charge is 0.224 e. The van der Waals surface area contributed by atoms with E-state index in [-0.39, 0.29) is 36.6 Å². The first-order valence-corrected chi connectivity index (χ1v) is 7.65. The molecule has 1 rings (SSSR count). The summed E-state index contributed by atoms with van der Waals surface area (Å²) in [4.78, 5) is 14.3. The predicted octanol–water partition coefficient (Wildman–Crippen LogP) is 2.84. The zero-order valence-corrected chi connectivity index (χ0v) is 16.4. The molecule has 0 aliphatic rings. The molecule has 1 amide bonds. The Bertz CT molecular complexity index is 455. The van der Waals surface area contributed by atoms with E-state index in [4.69, 9.17) is 0 Å². The monoisotopic (exact) mass is 363 g/mol. The molecule has 0 spiro atoms. The molecule has 0 bridgehead atoms. The summed E-state index contributed by atoms with van der Waals surface area (Å²) in [5, 5.41) is 6.06. The Kier molecular flexibility index (Phi) is 13.4. The van der Waals surface area contributed by atoms with Gasteiger partial charge in [-0.1, -0.05) is 31.2 Å². The van der Waals surface area contributed by atoms with E-state index in [0.29, 0.717) is 19.1 Å². The van der Waals surface area contributed by atoms with Gasteiger partial charge in [0.25, 0.3) is 0 Å². The zero-order chi connectivity index (χ0) is 15.8. The highest BCUT2D eigenvalue weighted by molar-refractivity contribution is 5.85. The molecule has 0 fully saturated rings. The van der Waals surface area contributed by atoms with Gasteiger partial charge in [-0.3, -0.25) is 9.69 Å². The number of hydrogen-bond donors (Lipinski definition) is 2. The van der Waals surface area contributed by atoms with Crippen LogP contribution in [-0.2, 0) is 17.9 Å². The second-order valence-corrected chi connectivity index (χ2v) is 5.95. The van der Waals surface area contributed by atoms with Gasteiger partial charge < -0.3 is 10.6 Å². The molecule has 0 saturated carbocycles. The summed E-state index contributed by atoms with van der Waals surface area (Å²) in [6.45, 7) is 8.49. The summed E-state index contributed by atoms with van der Waals surface area (Å²) >= 11 is 0. The summed E-state index contributed by atoms with van der Waals surface area (Å²) in [6.07, 6.45) is 0. The van der Waals surface area contributed by atoms with Crippen LogP contribution in [0.25, 0.3) is 0 Å². The lowest BCUT2D eigenvalue weighted by atomic mass is 10.1. The van der Waals surface area contributed by atoms with Crippen molar-refractivity contribution in [3.05, 3.63) is 35.4 Å². The van der Waals surface area contributed by atoms with Crippen molar-refractivity contribution in [3.8, 4) is 0 Å². The van der Waals surface area contributed by atoms with Crippen molar-refractivity contribution in [2.75, 3.05) is 20.6 Å². The number of halogens is 2. The van der Waals surface area contributed by atoms with E-state index in [9.17, 15) is 4.79 Å². The van der Waals surface area contributed by atoms with Gasteiger partial charge in [-0.2, -0.15) is 0 Å². The highest BCUT2D eigenvalue weighted by Crippen LogP contribution is 2.12. The van der Waals surface area contributed by atoms with Gasteiger partial charge in [0.2, 0.25) is 5.91 Å². The molecule has 0 aliphatic heterocycles.